The van der Waals surface area contributed by atoms with Crippen LogP contribution >= 0.6 is 0 Å². The number of pyridine rings is 1. The largest absolute Gasteiger partial charge is 5.00 e. The Morgan fingerprint density at radius 1 is 0.552 bits per heavy atom. The SMILES string of the molecule is CN1C=CN(c2[c-]c(N3C=CN(C)[CH-]3)cc(-c3ccc(-c4ccccc4)cc3)c2)[CH-]1.Cn1c(-c2cc(-c3ccc(C4CCC(C)(C)CC4)cc3)cc(-c3[c-]cccc3)n2)[c-]c2ccccc21.[Os+5]. The summed E-state index contributed by atoms with van der Waals surface area (Å²) in [6.45, 7) is 8.91. The third kappa shape index (κ3) is 10.2. The summed E-state index contributed by atoms with van der Waals surface area (Å²) in [6.07, 6.45) is 13.4. The third-order valence-electron chi connectivity index (χ3n) is 13.2. The molecule has 1 aliphatic carbocycles. The maximum atomic E-state index is 5.08. The van der Waals surface area contributed by atoms with Crippen molar-refractivity contribution in [2.75, 3.05) is 23.9 Å². The van der Waals surface area contributed by atoms with Crippen LogP contribution in [0.4, 0.5) is 11.4 Å². The van der Waals surface area contributed by atoms with E-state index in [-0.39, 0.29) is 19.8 Å². The molecule has 8 aromatic rings. The molecule has 3 aliphatic rings. The number of hydrogen-bond donors (Lipinski definition) is 0. The van der Waals surface area contributed by atoms with Crippen LogP contribution in [0.5, 0.6) is 0 Å². The van der Waals surface area contributed by atoms with Crippen LogP contribution < -0.4 is 9.80 Å². The fraction of sp³-hybridized carbons (Fsp3) is 0.183. The van der Waals surface area contributed by atoms with E-state index in [9.17, 15) is 0 Å². The molecule has 0 bridgehead atoms. The molecule has 0 saturated heterocycles. The summed E-state index contributed by atoms with van der Waals surface area (Å²) in [4.78, 5) is 13.3. The first-order valence-corrected chi connectivity index (χ1v) is 23.0. The smallest absolute Gasteiger partial charge is 0.510 e. The van der Waals surface area contributed by atoms with E-state index in [0.29, 0.717) is 11.3 Å². The fourth-order valence-corrected chi connectivity index (χ4v) is 9.28. The fourth-order valence-electron chi connectivity index (χ4n) is 9.28. The van der Waals surface area contributed by atoms with Gasteiger partial charge in [0, 0.05) is 12.7 Å². The number of para-hydroxylation sites is 1. The molecule has 1 saturated carbocycles. The summed E-state index contributed by atoms with van der Waals surface area (Å²) < 4.78 is 2.19. The van der Waals surface area contributed by atoms with Crippen molar-refractivity contribution in [1.82, 2.24) is 19.4 Å². The summed E-state index contributed by atoms with van der Waals surface area (Å²) >= 11 is 0. The topological polar surface area (TPSA) is 30.8 Å². The molecule has 4 heterocycles. The summed E-state index contributed by atoms with van der Waals surface area (Å²) in [5.74, 6) is 0.681. The van der Waals surface area contributed by atoms with Crippen molar-refractivity contribution in [3.05, 3.63) is 214 Å². The molecule has 0 amide bonds. The van der Waals surface area contributed by atoms with Gasteiger partial charge in [0.15, 0.2) is 0 Å². The maximum absolute atomic E-state index is 5.08. The molecule has 0 spiro atoms. The van der Waals surface area contributed by atoms with Crippen LogP contribution in [0.3, 0.4) is 0 Å². The molecular weight excluding hydrogens is 995 g/mol. The van der Waals surface area contributed by atoms with Crippen LogP contribution in [-0.2, 0) is 26.8 Å². The van der Waals surface area contributed by atoms with Gasteiger partial charge in [-0.15, -0.1) is 94.6 Å². The Morgan fingerprint density at radius 3 is 1.67 bits per heavy atom. The second-order valence-electron chi connectivity index (χ2n) is 18.6. The van der Waals surface area contributed by atoms with E-state index in [4.69, 9.17) is 4.98 Å². The number of rotatable bonds is 8. The van der Waals surface area contributed by atoms with Gasteiger partial charge in [-0.3, -0.25) is 0 Å². The minimum atomic E-state index is 0. The molecule has 7 heteroatoms. The van der Waals surface area contributed by atoms with Crippen LogP contribution in [0.25, 0.3) is 66.9 Å². The van der Waals surface area contributed by atoms with Gasteiger partial charge >= 0.3 is 19.8 Å². The average Bonchev–Trinajstić information content (AvgIpc) is 4.10. The van der Waals surface area contributed by atoms with Crippen LogP contribution in [0.2, 0.25) is 0 Å². The van der Waals surface area contributed by atoms with Crippen molar-refractivity contribution in [2.24, 2.45) is 12.5 Å². The van der Waals surface area contributed by atoms with Gasteiger partial charge in [0.25, 0.3) is 0 Å². The van der Waals surface area contributed by atoms with Crippen LogP contribution in [0.15, 0.2) is 176 Å². The maximum Gasteiger partial charge on any atom is 5.00 e. The van der Waals surface area contributed by atoms with E-state index < -0.39 is 0 Å². The zero-order valence-electron chi connectivity index (χ0n) is 38.8. The molecule has 2 aliphatic heterocycles. The number of aryl methyl sites for hydroxylation is 1. The molecule has 67 heavy (non-hydrogen) atoms. The zero-order chi connectivity index (χ0) is 45.2. The van der Waals surface area contributed by atoms with Gasteiger partial charge in [-0.25, -0.2) is 0 Å². The molecule has 6 nitrogen and oxygen atoms in total. The minimum absolute atomic E-state index is 0. The Morgan fingerprint density at radius 2 is 1.09 bits per heavy atom. The van der Waals surface area contributed by atoms with Gasteiger partial charge in [0.2, 0.25) is 0 Å². The number of fused-ring (bicyclic) bond motifs is 1. The molecule has 0 unspecified atom stereocenters. The van der Waals surface area contributed by atoms with Crippen molar-refractivity contribution in [3.63, 3.8) is 0 Å². The Bertz CT molecular complexity index is 2950. The van der Waals surface area contributed by atoms with Crippen molar-refractivity contribution in [2.45, 2.75) is 45.4 Å². The van der Waals surface area contributed by atoms with Gasteiger partial charge in [0.05, 0.1) is 0 Å². The molecule has 6 aromatic carbocycles. The first kappa shape index (κ1) is 45.5. The van der Waals surface area contributed by atoms with E-state index in [1.54, 1.807) is 0 Å². The van der Waals surface area contributed by atoms with E-state index in [0.717, 1.165) is 50.5 Å². The number of benzene rings is 6. The number of nitrogens with zero attached hydrogens (tertiary/aromatic N) is 6. The number of anilines is 2. The van der Waals surface area contributed by atoms with Gasteiger partial charge in [0.1, 0.15) is 0 Å². The molecular formula is C60H55N6Os. The van der Waals surface area contributed by atoms with Gasteiger partial charge < -0.3 is 29.2 Å². The summed E-state index contributed by atoms with van der Waals surface area (Å²) in [6, 6.07) is 64.2. The molecule has 2 aromatic heterocycles. The molecule has 333 valence electrons. The molecule has 0 atom stereocenters. The van der Waals surface area contributed by atoms with E-state index >= 15 is 0 Å². The quantitative estimate of drug-likeness (QED) is 0.142. The Kier molecular flexibility index (Phi) is 13.3. The van der Waals surface area contributed by atoms with E-state index in [1.165, 1.54) is 59.1 Å². The Hall–Kier alpha value is -6.67. The Balaban J connectivity index is 0.000000168. The predicted molar refractivity (Wildman–Crippen MR) is 273 cm³/mol. The molecule has 11 rings (SSSR count). The van der Waals surface area contributed by atoms with Gasteiger partial charge in [-0.05, 0) is 126 Å². The minimum Gasteiger partial charge on any atom is -0.510 e. The summed E-state index contributed by atoms with van der Waals surface area (Å²) in [5, 5.41) is 1.11. The summed E-state index contributed by atoms with van der Waals surface area (Å²) in [5.41, 5.74) is 16.2. The van der Waals surface area contributed by atoms with Crippen molar-refractivity contribution < 1.29 is 19.8 Å². The second-order valence-corrected chi connectivity index (χ2v) is 18.6. The standard InChI is InChI=1S/C34H32N2.C26H23N4.Os/c1-34(2)19-17-26(18-20-34)24-13-15-25(16-14-24)29-21-30(27-9-5-4-6-10-27)35-31(22-29)33-23-28-11-7-8-12-32(28)36(33)3;1-27-12-14-29(19-27)25-16-24(17-26(18-25)30-15-13-28(2)20-30)23-10-8-22(9-11-23)21-6-4-3-5-7-21;/h4-9,11-16,21-22,26H,17-20H2,1-3H3;3-17,19-20H,1-2H3;/q-2;-3;+5. The van der Waals surface area contributed by atoms with Crippen LogP contribution in [0, 0.1) is 37.0 Å². The normalized spacial score (nSPS) is 15.5. The first-order chi connectivity index (χ1) is 32.1. The zero-order valence-corrected chi connectivity index (χ0v) is 41.4. The number of aromatic nitrogens is 2. The van der Waals surface area contributed by atoms with Crippen LogP contribution in [-0.4, -0.2) is 33.4 Å². The molecule has 1 radical (unpaired) electrons. The second kappa shape index (κ2) is 19.7. The van der Waals surface area contributed by atoms with Crippen molar-refractivity contribution in [1.29, 1.82) is 0 Å². The van der Waals surface area contributed by atoms with Gasteiger partial charge in [-0.1, -0.05) is 117 Å². The Labute approximate surface area is 410 Å². The summed E-state index contributed by atoms with van der Waals surface area (Å²) in [7, 11) is 6.14. The average molecular weight is 1050 g/mol. The van der Waals surface area contributed by atoms with Crippen molar-refractivity contribution >= 4 is 22.3 Å². The van der Waals surface area contributed by atoms with Gasteiger partial charge in [-0.2, -0.15) is 13.3 Å². The number of hydrogen-bond acceptors (Lipinski definition) is 5. The predicted octanol–water partition coefficient (Wildman–Crippen LogP) is 14.4. The van der Waals surface area contributed by atoms with E-state index in [2.05, 4.69) is 181 Å². The van der Waals surface area contributed by atoms with Crippen LogP contribution in [0.1, 0.15) is 51.0 Å². The first-order valence-electron chi connectivity index (χ1n) is 23.0. The molecule has 1 fully saturated rings. The monoisotopic (exact) mass is 1050 g/mol. The molecule has 0 N–H and O–H groups in total. The van der Waals surface area contributed by atoms with E-state index in [1.807, 2.05) is 86.3 Å². The van der Waals surface area contributed by atoms with Crippen molar-refractivity contribution in [3.8, 4) is 56.0 Å². The third-order valence-corrected chi connectivity index (χ3v) is 13.2.